The zero-order chi connectivity index (χ0) is 17.4. The van der Waals surface area contributed by atoms with Crippen molar-refractivity contribution >= 4 is 23.1 Å². The number of benzene rings is 2. The van der Waals surface area contributed by atoms with Gasteiger partial charge in [0, 0.05) is 5.39 Å². The number of rotatable bonds is 0. The summed E-state index contributed by atoms with van der Waals surface area (Å²) in [5, 5.41) is 6.44. The molecule has 0 fully saturated rings. The summed E-state index contributed by atoms with van der Waals surface area (Å²) in [5.74, 6) is 0. The van der Waals surface area contributed by atoms with Crippen LogP contribution in [0.4, 0.5) is 0 Å². The highest BCUT2D eigenvalue weighted by Crippen LogP contribution is 2.45. The largest absolute Gasteiger partial charge is 0.248 e. The van der Waals surface area contributed by atoms with E-state index in [2.05, 4.69) is 82.3 Å². The Morgan fingerprint density at radius 3 is 2.56 bits per heavy atom. The van der Waals surface area contributed by atoms with Crippen LogP contribution in [0.15, 0.2) is 42.5 Å². The smallest absolute Gasteiger partial charge is 0.0715 e. The van der Waals surface area contributed by atoms with E-state index in [-0.39, 0.29) is 10.8 Å². The molecular weight excluding hydrogens is 302 g/mol. The molecule has 0 N–H and O–H groups in total. The molecule has 1 heteroatoms. The van der Waals surface area contributed by atoms with E-state index in [9.17, 15) is 0 Å². The zero-order valence-electron chi connectivity index (χ0n) is 15.4. The number of aromatic nitrogens is 1. The number of pyridine rings is 1. The third-order valence-corrected chi connectivity index (χ3v) is 6.79. The van der Waals surface area contributed by atoms with Gasteiger partial charge in [-0.2, -0.15) is 0 Å². The molecule has 25 heavy (non-hydrogen) atoms. The lowest BCUT2D eigenvalue weighted by atomic mass is 9.60. The first-order valence-corrected chi connectivity index (χ1v) is 9.14. The summed E-state index contributed by atoms with van der Waals surface area (Å²) >= 11 is 0. The van der Waals surface area contributed by atoms with Gasteiger partial charge in [-0.3, -0.25) is 0 Å². The molecule has 1 aromatic heterocycles. The third kappa shape index (κ3) is 1.87. The van der Waals surface area contributed by atoms with Crippen LogP contribution in [0, 0.1) is 15.9 Å². The van der Waals surface area contributed by atoms with Crippen LogP contribution < -0.4 is 10.6 Å². The molecular formula is C24H23N. The first kappa shape index (κ1) is 14.9. The lowest BCUT2D eigenvalue weighted by Gasteiger charge is -2.44. The molecule has 0 bridgehead atoms. The Morgan fingerprint density at radius 1 is 0.920 bits per heavy atom. The topological polar surface area (TPSA) is 12.9 Å². The van der Waals surface area contributed by atoms with Gasteiger partial charge in [-0.15, -0.1) is 0 Å². The lowest BCUT2D eigenvalue weighted by Crippen LogP contribution is -2.44. The minimum Gasteiger partial charge on any atom is -0.248 e. The maximum absolute atomic E-state index is 5.04. The van der Waals surface area contributed by atoms with Crippen LogP contribution in [-0.4, -0.2) is 4.98 Å². The van der Waals surface area contributed by atoms with Crippen molar-refractivity contribution in [1.82, 2.24) is 4.98 Å². The Labute approximate surface area is 148 Å². The van der Waals surface area contributed by atoms with E-state index in [1.165, 1.54) is 37.5 Å². The fraction of sp³-hybridized carbons (Fsp3) is 0.292. The van der Waals surface area contributed by atoms with Crippen molar-refractivity contribution in [3.05, 3.63) is 74.6 Å². The second-order valence-electron chi connectivity index (χ2n) is 8.66. The van der Waals surface area contributed by atoms with Crippen molar-refractivity contribution in [2.45, 2.75) is 39.5 Å². The van der Waals surface area contributed by atoms with Crippen molar-refractivity contribution in [2.24, 2.45) is 5.41 Å². The summed E-state index contributed by atoms with van der Waals surface area (Å²) in [7, 11) is 0. The summed E-state index contributed by atoms with van der Waals surface area (Å²) in [6.07, 6.45) is 5.73. The van der Waals surface area contributed by atoms with E-state index in [1.54, 1.807) is 0 Å². The van der Waals surface area contributed by atoms with Gasteiger partial charge in [0.1, 0.15) is 0 Å². The first-order valence-electron chi connectivity index (χ1n) is 9.14. The van der Waals surface area contributed by atoms with Crippen LogP contribution in [0.1, 0.15) is 45.2 Å². The summed E-state index contributed by atoms with van der Waals surface area (Å²) in [5.41, 5.74) is 4.15. The molecule has 124 valence electrons. The van der Waals surface area contributed by atoms with E-state index in [0.29, 0.717) is 0 Å². The molecule has 1 heterocycles. The number of fused-ring (bicyclic) bond motifs is 5. The molecule has 0 unspecified atom stereocenters. The third-order valence-electron chi connectivity index (χ3n) is 6.79. The summed E-state index contributed by atoms with van der Waals surface area (Å²) in [4.78, 5) is 5.04. The van der Waals surface area contributed by atoms with Crippen LogP contribution in [-0.2, 0) is 5.41 Å². The van der Waals surface area contributed by atoms with Crippen molar-refractivity contribution in [3.8, 4) is 0 Å². The molecule has 0 aliphatic heterocycles. The summed E-state index contributed by atoms with van der Waals surface area (Å²) in [6.45, 7) is 9.48. The van der Waals surface area contributed by atoms with Gasteiger partial charge >= 0.3 is 0 Å². The van der Waals surface area contributed by atoms with E-state index in [1.807, 2.05) is 0 Å². The van der Waals surface area contributed by atoms with Crippen LogP contribution in [0.25, 0.3) is 23.1 Å². The van der Waals surface area contributed by atoms with E-state index >= 15 is 0 Å². The molecule has 0 saturated heterocycles. The van der Waals surface area contributed by atoms with Gasteiger partial charge in [-0.1, -0.05) is 64.1 Å². The molecule has 0 radical (unpaired) electrons. The Balaban J connectivity index is 1.93. The molecule has 5 rings (SSSR count). The quantitative estimate of drug-likeness (QED) is 0.473. The fourth-order valence-corrected chi connectivity index (χ4v) is 4.32. The van der Waals surface area contributed by atoms with Gasteiger partial charge in [-0.05, 0) is 62.2 Å². The van der Waals surface area contributed by atoms with Gasteiger partial charge in [0.25, 0.3) is 0 Å². The zero-order valence-corrected chi connectivity index (χ0v) is 15.4. The number of hydrogen-bond acceptors (Lipinski definition) is 1. The summed E-state index contributed by atoms with van der Waals surface area (Å²) < 4.78 is 0. The van der Waals surface area contributed by atoms with E-state index in [4.69, 9.17) is 4.98 Å². The van der Waals surface area contributed by atoms with Crippen molar-refractivity contribution in [2.75, 3.05) is 0 Å². The Morgan fingerprint density at radius 2 is 1.72 bits per heavy atom. The summed E-state index contributed by atoms with van der Waals surface area (Å²) in [6, 6.07) is 15.5. The average molecular weight is 325 g/mol. The molecule has 3 aromatic rings. The van der Waals surface area contributed by atoms with Crippen LogP contribution in [0.2, 0.25) is 0 Å². The maximum Gasteiger partial charge on any atom is 0.0715 e. The minimum absolute atomic E-state index is 0.104. The maximum atomic E-state index is 5.04. The van der Waals surface area contributed by atoms with Gasteiger partial charge in [0.05, 0.1) is 10.9 Å². The van der Waals surface area contributed by atoms with Gasteiger partial charge in [-0.25, -0.2) is 4.98 Å². The van der Waals surface area contributed by atoms with Crippen LogP contribution in [0.5, 0.6) is 0 Å². The Kier molecular flexibility index (Phi) is 2.74. The lowest BCUT2D eigenvalue weighted by molar-refractivity contribution is 0.198. The predicted molar refractivity (Wildman–Crippen MR) is 105 cm³/mol. The second kappa shape index (κ2) is 4.60. The SMILES string of the molecule is CC1(C)CC=c2nc3ccc4c(c3cc2C1(C)C)C=c1ccccc1=4. The first-order chi connectivity index (χ1) is 11.9. The number of nitrogens with zero attached hydrogens (tertiary/aromatic N) is 1. The highest BCUT2D eigenvalue weighted by Gasteiger charge is 2.40. The Hall–Kier alpha value is -2.41. The van der Waals surface area contributed by atoms with Crippen LogP contribution >= 0.6 is 0 Å². The molecule has 0 saturated carbocycles. The monoisotopic (exact) mass is 325 g/mol. The normalized spacial score (nSPS) is 18.7. The van der Waals surface area contributed by atoms with Gasteiger partial charge in [0.15, 0.2) is 0 Å². The second-order valence-corrected chi connectivity index (χ2v) is 8.66. The Bertz CT molecular complexity index is 1260. The molecule has 2 aliphatic carbocycles. The minimum atomic E-state index is 0.104. The van der Waals surface area contributed by atoms with Crippen molar-refractivity contribution in [3.63, 3.8) is 0 Å². The van der Waals surface area contributed by atoms with Gasteiger partial charge in [0.2, 0.25) is 0 Å². The molecule has 0 spiro atoms. The molecule has 2 aliphatic rings. The standard InChI is InChI=1S/C24H23N/c1-23(2)12-11-22-20(24(23,3)4)14-19-18-13-15-7-5-6-8-16(15)17(18)9-10-21(19)25-22/h5-11,13-14H,12H2,1-4H3. The van der Waals surface area contributed by atoms with Gasteiger partial charge < -0.3 is 0 Å². The van der Waals surface area contributed by atoms with Crippen molar-refractivity contribution in [1.29, 1.82) is 0 Å². The molecule has 0 atom stereocenters. The molecule has 2 aromatic carbocycles. The number of hydrogen-bond donors (Lipinski definition) is 0. The molecule has 0 amide bonds. The fourth-order valence-electron chi connectivity index (χ4n) is 4.32. The highest BCUT2D eigenvalue weighted by atomic mass is 14.7. The van der Waals surface area contributed by atoms with E-state index in [0.717, 1.165) is 11.9 Å². The molecule has 1 nitrogen and oxygen atoms in total. The van der Waals surface area contributed by atoms with Crippen molar-refractivity contribution < 1.29 is 0 Å². The van der Waals surface area contributed by atoms with Crippen LogP contribution in [0.3, 0.4) is 0 Å². The van der Waals surface area contributed by atoms with E-state index < -0.39 is 0 Å². The predicted octanol–water partition coefficient (Wildman–Crippen LogP) is 4.15. The average Bonchev–Trinajstić information content (AvgIpc) is 2.97. The highest BCUT2D eigenvalue weighted by molar-refractivity contribution is 5.89.